The van der Waals surface area contributed by atoms with Crippen molar-refractivity contribution in [1.29, 1.82) is 0 Å². The Hall–Kier alpha value is -2.09. The number of benzene rings is 1. The summed E-state index contributed by atoms with van der Waals surface area (Å²) in [7, 11) is 1.57. The molecule has 1 amide bonds. The molecule has 0 saturated carbocycles. The second-order valence-corrected chi connectivity index (χ2v) is 7.05. The van der Waals surface area contributed by atoms with Gasteiger partial charge < -0.3 is 9.64 Å². The van der Waals surface area contributed by atoms with Gasteiger partial charge in [0, 0.05) is 25.2 Å². The number of carbonyl (C=O) groups excluding carboxylic acids is 1. The molecule has 6 nitrogen and oxygen atoms in total. The normalized spacial score (nSPS) is 10.7. The summed E-state index contributed by atoms with van der Waals surface area (Å²) in [5, 5.41) is 1.43. The fraction of sp³-hybridized carbons (Fsp3) is 0.316. The highest BCUT2D eigenvalue weighted by atomic mass is 35.5. The molecule has 0 radical (unpaired) electrons. The number of methoxy groups -OCH3 is 1. The number of nitrogens with zero attached hydrogens (tertiary/aromatic N) is 3. The predicted octanol–water partition coefficient (Wildman–Crippen LogP) is 2.99. The van der Waals surface area contributed by atoms with Crippen LogP contribution in [0.1, 0.15) is 0 Å². The highest BCUT2D eigenvalue weighted by Gasteiger charge is 2.16. The largest absolute Gasteiger partial charge is 0.383 e. The number of fused-ring (bicyclic) bond motifs is 1. The summed E-state index contributed by atoms with van der Waals surface area (Å²) in [4.78, 5) is 31.5. The number of aromatic nitrogens is 2. The van der Waals surface area contributed by atoms with Crippen molar-refractivity contribution in [2.24, 2.45) is 0 Å². The average Bonchev–Trinajstić information content (AvgIpc) is 2.65. The van der Waals surface area contributed by atoms with Crippen molar-refractivity contribution in [3.8, 4) is 0 Å². The summed E-state index contributed by atoms with van der Waals surface area (Å²) >= 11 is 7.24. The van der Waals surface area contributed by atoms with E-state index in [1.165, 1.54) is 16.3 Å². The van der Waals surface area contributed by atoms with Gasteiger partial charge in [-0.15, -0.1) is 13.2 Å². The molecule has 0 aliphatic carbocycles. The lowest BCUT2D eigenvalue weighted by atomic mass is 10.2. The minimum Gasteiger partial charge on any atom is -0.383 e. The topological polar surface area (TPSA) is 64.4 Å². The van der Waals surface area contributed by atoms with Crippen LogP contribution in [-0.4, -0.2) is 52.9 Å². The zero-order valence-corrected chi connectivity index (χ0v) is 16.8. The quantitative estimate of drug-likeness (QED) is 0.344. The van der Waals surface area contributed by atoms with Crippen LogP contribution in [0.2, 0.25) is 5.02 Å². The maximum absolute atomic E-state index is 12.8. The third-order valence-electron chi connectivity index (χ3n) is 3.78. The number of thioether (sulfide) groups is 1. The van der Waals surface area contributed by atoms with Crippen molar-refractivity contribution in [2.45, 2.75) is 11.7 Å². The lowest BCUT2D eigenvalue weighted by Gasteiger charge is -2.19. The van der Waals surface area contributed by atoms with E-state index in [2.05, 4.69) is 18.1 Å². The molecule has 0 atom stereocenters. The van der Waals surface area contributed by atoms with E-state index in [0.29, 0.717) is 47.3 Å². The van der Waals surface area contributed by atoms with Gasteiger partial charge in [-0.3, -0.25) is 14.2 Å². The first-order valence-electron chi connectivity index (χ1n) is 8.33. The molecule has 1 aromatic carbocycles. The Balaban J connectivity index is 2.34. The molecule has 27 heavy (non-hydrogen) atoms. The highest BCUT2D eigenvalue weighted by Crippen LogP contribution is 2.21. The summed E-state index contributed by atoms with van der Waals surface area (Å²) in [6, 6.07) is 4.96. The molecule has 144 valence electrons. The first kappa shape index (κ1) is 21.2. The van der Waals surface area contributed by atoms with E-state index in [9.17, 15) is 9.59 Å². The molecular weight excluding hydrogens is 386 g/mol. The van der Waals surface area contributed by atoms with Crippen LogP contribution < -0.4 is 5.56 Å². The third kappa shape index (κ3) is 5.45. The second-order valence-electron chi connectivity index (χ2n) is 5.67. The van der Waals surface area contributed by atoms with Crippen LogP contribution in [-0.2, 0) is 16.1 Å². The van der Waals surface area contributed by atoms with Crippen molar-refractivity contribution in [1.82, 2.24) is 14.5 Å². The molecule has 2 aromatic rings. The molecule has 0 fully saturated rings. The second kappa shape index (κ2) is 10.3. The number of hydrogen-bond donors (Lipinski definition) is 0. The van der Waals surface area contributed by atoms with E-state index < -0.39 is 0 Å². The Morgan fingerprint density at radius 2 is 2.07 bits per heavy atom. The number of ether oxygens (including phenoxy) is 1. The molecule has 0 aliphatic rings. The van der Waals surface area contributed by atoms with Gasteiger partial charge in [0.1, 0.15) is 0 Å². The van der Waals surface area contributed by atoms with Crippen molar-refractivity contribution in [3.05, 3.63) is 58.9 Å². The first-order chi connectivity index (χ1) is 13.0. The SMILES string of the molecule is C=CCN(CC=C)C(=O)CSc1nc2cc(Cl)ccc2c(=O)n1CCOC. The molecule has 0 N–H and O–H groups in total. The fourth-order valence-electron chi connectivity index (χ4n) is 2.47. The van der Waals surface area contributed by atoms with E-state index in [4.69, 9.17) is 16.3 Å². The van der Waals surface area contributed by atoms with Gasteiger partial charge in [0.05, 0.1) is 29.8 Å². The molecule has 0 aliphatic heterocycles. The highest BCUT2D eigenvalue weighted by molar-refractivity contribution is 7.99. The number of rotatable bonds is 10. The number of amides is 1. The molecule has 2 rings (SSSR count). The Morgan fingerprint density at radius 3 is 2.70 bits per heavy atom. The zero-order valence-electron chi connectivity index (χ0n) is 15.2. The van der Waals surface area contributed by atoms with Crippen LogP contribution in [0.3, 0.4) is 0 Å². The van der Waals surface area contributed by atoms with Gasteiger partial charge in [-0.05, 0) is 18.2 Å². The van der Waals surface area contributed by atoms with E-state index in [1.54, 1.807) is 42.4 Å². The molecule has 0 unspecified atom stereocenters. The molecule has 1 aromatic heterocycles. The van der Waals surface area contributed by atoms with Gasteiger partial charge in [-0.25, -0.2) is 4.98 Å². The molecular formula is C19H22ClN3O3S. The Bertz CT molecular complexity index is 888. The van der Waals surface area contributed by atoms with Crippen LogP contribution in [0.4, 0.5) is 0 Å². The van der Waals surface area contributed by atoms with Crippen molar-refractivity contribution >= 4 is 40.2 Å². The van der Waals surface area contributed by atoms with E-state index in [1.807, 2.05) is 0 Å². The van der Waals surface area contributed by atoms with Crippen LogP contribution in [0.5, 0.6) is 0 Å². The Labute approximate surface area is 167 Å². The maximum Gasteiger partial charge on any atom is 0.262 e. The van der Waals surface area contributed by atoms with Crippen LogP contribution in [0.15, 0.2) is 53.5 Å². The number of carbonyl (C=O) groups is 1. The summed E-state index contributed by atoms with van der Waals surface area (Å²) in [5.41, 5.74) is 0.322. The Kier molecular flexibility index (Phi) is 8.09. The van der Waals surface area contributed by atoms with Crippen molar-refractivity contribution in [2.75, 3.05) is 32.6 Å². The van der Waals surface area contributed by atoms with E-state index in [-0.39, 0.29) is 17.2 Å². The summed E-state index contributed by atoms with van der Waals surface area (Å²) in [6.45, 7) is 8.91. The van der Waals surface area contributed by atoms with Crippen LogP contribution in [0, 0.1) is 0 Å². The average molecular weight is 408 g/mol. The van der Waals surface area contributed by atoms with Gasteiger partial charge >= 0.3 is 0 Å². The van der Waals surface area contributed by atoms with Crippen molar-refractivity contribution < 1.29 is 9.53 Å². The number of halogens is 1. The van der Waals surface area contributed by atoms with Gasteiger partial charge in [0.2, 0.25) is 5.91 Å². The predicted molar refractivity (Wildman–Crippen MR) is 111 cm³/mol. The first-order valence-corrected chi connectivity index (χ1v) is 9.69. The van der Waals surface area contributed by atoms with Crippen LogP contribution in [0.25, 0.3) is 10.9 Å². The fourth-order valence-corrected chi connectivity index (χ4v) is 3.57. The Morgan fingerprint density at radius 1 is 1.37 bits per heavy atom. The van der Waals surface area contributed by atoms with Gasteiger partial charge in [0.15, 0.2) is 5.16 Å². The maximum atomic E-state index is 12.8. The minimum absolute atomic E-state index is 0.0847. The molecule has 0 bridgehead atoms. The van der Waals surface area contributed by atoms with Gasteiger partial charge in [0.25, 0.3) is 5.56 Å². The zero-order chi connectivity index (χ0) is 19.8. The van der Waals surface area contributed by atoms with Crippen molar-refractivity contribution in [3.63, 3.8) is 0 Å². The standard InChI is InChI=1S/C19H22ClN3O3S/c1-4-8-22(9-5-2)17(24)13-27-19-21-16-12-14(20)6-7-15(16)18(25)23(19)10-11-26-3/h4-7,12H,1-2,8-11,13H2,3H3. The molecule has 0 spiro atoms. The lowest BCUT2D eigenvalue weighted by molar-refractivity contribution is -0.127. The summed E-state index contributed by atoms with van der Waals surface area (Å²) in [5.74, 6) is 0.0613. The van der Waals surface area contributed by atoms with Gasteiger partial charge in [-0.1, -0.05) is 35.5 Å². The minimum atomic E-state index is -0.183. The monoisotopic (exact) mass is 407 g/mol. The van der Waals surface area contributed by atoms with Gasteiger partial charge in [-0.2, -0.15) is 0 Å². The van der Waals surface area contributed by atoms with Crippen LogP contribution >= 0.6 is 23.4 Å². The molecule has 8 heteroatoms. The third-order valence-corrected chi connectivity index (χ3v) is 4.97. The molecule has 1 heterocycles. The van der Waals surface area contributed by atoms with E-state index >= 15 is 0 Å². The summed E-state index contributed by atoms with van der Waals surface area (Å²) < 4.78 is 6.63. The lowest BCUT2D eigenvalue weighted by Crippen LogP contribution is -2.33. The number of hydrogen-bond acceptors (Lipinski definition) is 5. The smallest absolute Gasteiger partial charge is 0.262 e. The molecule has 0 saturated heterocycles. The van der Waals surface area contributed by atoms with E-state index in [0.717, 1.165) is 0 Å². The summed E-state index contributed by atoms with van der Waals surface area (Å²) in [6.07, 6.45) is 3.33.